The second-order valence-corrected chi connectivity index (χ2v) is 11.0. The highest BCUT2D eigenvalue weighted by Crippen LogP contribution is 2.30. The molecule has 2 amide bonds. The molecule has 2 aromatic heterocycles. The van der Waals surface area contributed by atoms with Gasteiger partial charge >= 0.3 is 0 Å². The Labute approximate surface area is 259 Å². The number of halogens is 4. The van der Waals surface area contributed by atoms with E-state index in [0.29, 0.717) is 11.3 Å². The molecule has 0 fully saturated rings. The van der Waals surface area contributed by atoms with E-state index in [1.54, 1.807) is 35.2 Å². The molecule has 45 heavy (non-hydrogen) atoms. The summed E-state index contributed by atoms with van der Waals surface area (Å²) in [4.78, 5) is 45.5. The van der Waals surface area contributed by atoms with Crippen molar-refractivity contribution in [1.29, 1.82) is 0 Å². The normalized spacial score (nSPS) is 13.3. The van der Waals surface area contributed by atoms with E-state index in [1.807, 2.05) is 19.2 Å². The van der Waals surface area contributed by atoms with Crippen molar-refractivity contribution in [2.45, 2.75) is 19.4 Å². The van der Waals surface area contributed by atoms with Crippen molar-refractivity contribution in [2.24, 2.45) is 0 Å². The Bertz CT molecular complexity index is 2000. The summed E-state index contributed by atoms with van der Waals surface area (Å²) >= 11 is 6.47. The van der Waals surface area contributed by atoms with Crippen LogP contribution >= 0.6 is 11.6 Å². The highest BCUT2D eigenvalue weighted by Gasteiger charge is 2.37. The van der Waals surface area contributed by atoms with Crippen LogP contribution in [0.1, 0.15) is 49.1 Å². The molecule has 12 heteroatoms. The van der Waals surface area contributed by atoms with Crippen LogP contribution in [0.4, 0.5) is 13.2 Å². The van der Waals surface area contributed by atoms with Crippen molar-refractivity contribution in [3.8, 4) is 11.4 Å². The number of imidazole rings is 1. The minimum Gasteiger partial charge on any atom is -0.495 e. The van der Waals surface area contributed by atoms with Gasteiger partial charge in [0.05, 0.1) is 53.6 Å². The first-order chi connectivity index (χ1) is 21.5. The lowest BCUT2D eigenvalue weighted by atomic mass is 10.0. The van der Waals surface area contributed by atoms with Crippen molar-refractivity contribution in [2.75, 3.05) is 13.7 Å². The van der Waals surface area contributed by atoms with Crippen LogP contribution < -0.4 is 10.3 Å². The van der Waals surface area contributed by atoms with Crippen LogP contribution in [0.5, 0.6) is 5.75 Å². The van der Waals surface area contributed by atoms with Crippen molar-refractivity contribution >= 4 is 23.4 Å². The summed E-state index contributed by atoms with van der Waals surface area (Å²) in [5, 5.41) is 0.109. The number of nitrogens with zero attached hydrogens (tertiary/aromatic N) is 4. The fourth-order valence-corrected chi connectivity index (χ4v) is 5.74. The molecule has 3 heterocycles. The number of pyridine rings is 1. The SMILES string of the molecule is COc1cc(Cc2cc(Cl)cn(C(CN3C(=O)c4ccccc4C3=O)c3cc(F)c(F)c(F)c3)c2=O)ccc1-n1cnc(C)c1. The Hall–Kier alpha value is -5.16. The molecule has 0 N–H and O–H groups in total. The van der Waals surface area contributed by atoms with Gasteiger partial charge in [-0.15, -0.1) is 0 Å². The minimum absolute atomic E-state index is 0.0882. The Balaban J connectivity index is 1.42. The third kappa shape index (κ3) is 5.51. The standard InChI is InChI=1S/C33H24ClF3N4O4/c1-18-14-39(17-38-18)27-8-7-19(10-29(27)45-2)9-21-11-22(34)15-40(31(21)42)28(20-12-25(35)30(37)26(36)13-20)16-41-32(43)23-5-3-4-6-24(23)33(41)44/h3-8,10-15,17,28H,9,16H2,1-2H3. The number of aryl methyl sites for hydroxylation is 1. The first-order valence-electron chi connectivity index (χ1n) is 13.7. The zero-order chi connectivity index (χ0) is 32.0. The van der Waals surface area contributed by atoms with Crippen LogP contribution in [-0.2, 0) is 6.42 Å². The number of aromatic nitrogens is 3. The molecule has 5 aromatic rings. The number of rotatable bonds is 8. The van der Waals surface area contributed by atoms with Crippen LogP contribution in [-0.4, -0.2) is 44.5 Å². The van der Waals surface area contributed by atoms with Crippen molar-refractivity contribution in [1.82, 2.24) is 19.0 Å². The Kier molecular flexibility index (Phi) is 7.80. The maximum absolute atomic E-state index is 14.5. The number of benzene rings is 3. The Morgan fingerprint density at radius 2 is 1.58 bits per heavy atom. The molecule has 1 aliphatic heterocycles. The summed E-state index contributed by atoms with van der Waals surface area (Å²) in [5.41, 5.74) is 1.98. The summed E-state index contributed by atoms with van der Waals surface area (Å²) in [6, 6.07) is 13.2. The topological polar surface area (TPSA) is 86.4 Å². The number of ether oxygens (including phenoxy) is 1. The number of carbonyl (C=O) groups is 2. The van der Waals surface area contributed by atoms with E-state index < -0.39 is 47.4 Å². The molecule has 1 aliphatic rings. The third-order valence-electron chi connectivity index (χ3n) is 7.67. The Morgan fingerprint density at radius 1 is 0.911 bits per heavy atom. The Morgan fingerprint density at radius 3 is 2.18 bits per heavy atom. The van der Waals surface area contributed by atoms with Gasteiger partial charge in [-0.3, -0.25) is 19.3 Å². The van der Waals surface area contributed by atoms with Gasteiger partial charge in [-0.25, -0.2) is 18.2 Å². The maximum atomic E-state index is 14.5. The summed E-state index contributed by atoms with van der Waals surface area (Å²) in [6.07, 6.45) is 4.83. The second kappa shape index (κ2) is 11.7. The minimum atomic E-state index is -1.69. The van der Waals surface area contributed by atoms with Crippen molar-refractivity contribution in [3.05, 3.63) is 146 Å². The summed E-state index contributed by atoms with van der Waals surface area (Å²) < 4.78 is 51.4. The molecular weight excluding hydrogens is 609 g/mol. The van der Waals surface area contributed by atoms with E-state index in [0.717, 1.165) is 33.0 Å². The van der Waals surface area contributed by atoms with Gasteiger partial charge in [-0.05, 0) is 60.5 Å². The number of imide groups is 1. The van der Waals surface area contributed by atoms with Gasteiger partial charge in [0.15, 0.2) is 17.5 Å². The number of methoxy groups -OCH3 is 1. The number of amides is 2. The fourth-order valence-electron chi connectivity index (χ4n) is 5.50. The average molecular weight is 633 g/mol. The molecule has 1 atom stereocenters. The van der Waals surface area contributed by atoms with Gasteiger partial charge in [0.1, 0.15) is 5.75 Å². The molecule has 0 radical (unpaired) electrons. The van der Waals surface area contributed by atoms with E-state index in [1.165, 1.54) is 31.5 Å². The maximum Gasteiger partial charge on any atom is 0.261 e. The molecule has 228 valence electrons. The molecule has 8 nitrogen and oxygen atoms in total. The summed E-state index contributed by atoms with van der Waals surface area (Å²) in [5.74, 6) is -5.44. The largest absolute Gasteiger partial charge is 0.495 e. The molecule has 3 aromatic carbocycles. The fraction of sp³-hybridized carbons (Fsp3) is 0.152. The number of fused-ring (bicyclic) bond motifs is 1. The summed E-state index contributed by atoms with van der Waals surface area (Å²) in [7, 11) is 1.52. The second-order valence-electron chi connectivity index (χ2n) is 10.6. The van der Waals surface area contributed by atoms with Gasteiger partial charge in [0, 0.05) is 24.4 Å². The van der Waals surface area contributed by atoms with Crippen LogP contribution in [0.3, 0.4) is 0 Å². The van der Waals surface area contributed by atoms with Crippen molar-refractivity contribution in [3.63, 3.8) is 0 Å². The van der Waals surface area contributed by atoms with Crippen LogP contribution in [0.2, 0.25) is 5.02 Å². The molecule has 0 spiro atoms. The van der Waals surface area contributed by atoms with Gasteiger partial charge in [-0.1, -0.05) is 29.8 Å². The molecule has 6 rings (SSSR count). The molecule has 0 aliphatic carbocycles. The van der Waals surface area contributed by atoms with Crippen LogP contribution in [0.25, 0.3) is 5.69 Å². The predicted octanol–water partition coefficient (Wildman–Crippen LogP) is 5.90. The quantitative estimate of drug-likeness (QED) is 0.157. The first-order valence-corrected chi connectivity index (χ1v) is 14.1. The van der Waals surface area contributed by atoms with Crippen LogP contribution in [0, 0.1) is 24.4 Å². The van der Waals surface area contributed by atoms with Gasteiger partial charge in [0.2, 0.25) is 0 Å². The van der Waals surface area contributed by atoms with E-state index >= 15 is 0 Å². The number of hydrogen-bond acceptors (Lipinski definition) is 5. The predicted molar refractivity (Wildman–Crippen MR) is 160 cm³/mol. The third-order valence-corrected chi connectivity index (χ3v) is 7.88. The van der Waals surface area contributed by atoms with Crippen molar-refractivity contribution < 1.29 is 27.5 Å². The van der Waals surface area contributed by atoms with E-state index in [4.69, 9.17) is 16.3 Å². The smallest absolute Gasteiger partial charge is 0.261 e. The van der Waals surface area contributed by atoms with Gasteiger partial charge in [-0.2, -0.15) is 0 Å². The van der Waals surface area contributed by atoms with Crippen LogP contribution in [0.15, 0.2) is 84.2 Å². The lowest BCUT2D eigenvalue weighted by molar-refractivity contribution is 0.0638. The molecule has 0 saturated heterocycles. The zero-order valence-electron chi connectivity index (χ0n) is 23.9. The highest BCUT2D eigenvalue weighted by atomic mass is 35.5. The average Bonchev–Trinajstić information content (AvgIpc) is 3.56. The van der Waals surface area contributed by atoms with Gasteiger partial charge < -0.3 is 13.9 Å². The lowest BCUT2D eigenvalue weighted by Crippen LogP contribution is -2.39. The molecular formula is C33H24ClF3N4O4. The molecule has 1 unspecified atom stereocenters. The summed E-state index contributed by atoms with van der Waals surface area (Å²) in [6.45, 7) is 1.38. The van der Waals surface area contributed by atoms with E-state index in [9.17, 15) is 27.6 Å². The molecule has 0 bridgehead atoms. The lowest BCUT2D eigenvalue weighted by Gasteiger charge is -2.26. The highest BCUT2D eigenvalue weighted by molar-refractivity contribution is 6.30. The first kappa shape index (κ1) is 29.9. The number of carbonyl (C=O) groups excluding carboxylic acids is 2. The monoisotopic (exact) mass is 632 g/mol. The number of hydrogen-bond donors (Lipinski definition) is 0. The van der Waals surface area contributed by atoms with Gasteiger partial charge in [0.25, 0.3) is 17.4 Å². The zero-order valence-corrected chi connectivity index (χ0v) is 24.7. The van der Waals surface area contributed by atoms with E-state index in [2.05, 4.69) is 4.98 Å². The van der Waals surface area contributed by atoms with E-state index in [-0.39, 0.29) is 33.7 Å². The molecule has 0 saturated carbocycles.